The Bertz CT molecular complexity index is 983. The molecule has 1 aromatic carbocycles. The molecular formula is C24H29N5O2. The van der Waals surface area contributed by atoms with Gasteiger partial charge in [0.1, 0.15) is 24.5 Å². The zero-order valence-corrected chi connectivity index (χ0v) is 18.1. The lowest BCUT2D eigenvalue weighted by molar-refractivity contribution is 0.0279. The van der Waals surface area contributed by atoms with E-state index < -0.39 is 5.60 Å². The molecule has 7 nitrogen and oxygen atoms in total. The number of aryl methyl sites for hydroxylation is 1. The van der Waals surface area contributed by atoms with E-state index in [-0.39, 0.29) is 0 Å². The topological polar surface area (TPSA) is 74.6 Å². The molecule has 0 aliphatic carbocycles. The van der Waals surface area contributed by atoms with Gasteiger partial charge >= 0.3 is 0 Å². The van der Waals surface area contributed by atoms with Crippen molar-refractivity contribution in [2.45, 2.75) is 32.1 Å². The second kappa shape index (κ2) is 9.41. The molecular weight excluding hydrogens is 390 g/mol. The number of pyridine rings is 1. The fourth-order valence-electron chi connectivity index (χ4n) is 4.00. The zero-order valence-electron chi connectivity index (χ0n) is 18.1. The monoisotopic (exact) mass is 419 g/mol. The lowest BCUT2D eigenvalue weighted by Crippen LogP contribution is -2.43. The van der Waals surface area contributed by atoms with Crippen molar-refractivity contribution < 1.29 is 9.84 Å². The van der Waals surface area contributed by atoms with Crippen LogP contribution in [0.25, 0.3) is 0 Å². The van der Waals surface area contributed by atoms with Gasteiger partial charge in [-0.2, -0.15) is 0 Å². The fourth-order valence-corrected chi connectivity index (χ4v) is 4.00. The highest BCUT2D eigenvalue weighted by Gasteiger charge is 2.37. The standard InChI is InChI=1S/C24H29N5O2/c1-19-13-23(27-18-26-19)29-12-10-24(30,17-29)16-28(2)14-20-6-8-22(9-7-20)31-15-21-5-3-4-11-25-21/h3-9,11,13,18,30H,10,12,14-17H2,1-2H3/t24-/m0/s1. The highest BCUT2D eigenvalue weighted by molar-refractivity contribution is 5.41. The quantitative estimate of drug-likeness (QED) is 0.602. The normalized spacial score (nSPS) is 18.5. The van der Waals surface area contributed by atoms with Gasteiger partial charge in [0.2, 0.25) is 0 Å². The van der Waals surface area contributed by atoms with Crippen LogP contribution in [0.1, 0.15) is 23.4 Å². The minimum absolute atomic E-state index is 0.454. The Hall–Kier alpha value is -3.03. The molecule has 1 aliphatic heterocycles. The molecule has 0 radical (unpaired) electrons. The smallest absolute Gasteiger partial charge is 0.132 e. The molecule has 0 spiro atoms. The number of hydrogen-bond donors (Lipinski definition) is 1. The molecule has 1 aliphatic rings. The van der Waals surface area contributed by atoms with E-state index in [1.54, 1.807) is 12.5 Å². The summed E-state index contributed by atoms with van der Waals surface area (Å²) < 4.78 is 5.81. The average Bonchev–Trinajstić information content (AvgIpc) is 3.15. The summed E-state index contributed by atoms with van der Waals surface area (Å²) in [7, 11) is 2.04. The number of β-amino-alcohol motifs (C(OH)–C–C–N with tert-alkyl or cyclic N) is 1. The first-order chi connectivity index (χ1) is 15.0. The zero-order chi connectivity index (χ0) is 21.7. The molecule has 3 aromatic rings. The predicted molar refractivity (Wildman–Crippen MR) is 120 cm³/mol. The Morgan fingerprint density at radius 3 is 2.71 bits per heavy atom. The van der Waals surface area contributed by atoms with Crippen LogP contribution in [0.3, 0.4) is 0 Å². The second-order valence-electron chi connectivity index (χ2n) is 8.34. The maximum atomic E-state index is 11.1. The predicted octanol–water partition coefficient (Wildman–Crippen LogP) is 2.83. The Labute approximate surface area is 183 Å². The molecule has 4 rings (SSSR count). The maximum Gasteiger partial charge on any atom is 0.132 e. The van der Waals surface area contributed by atoms with Gasteiger partial charge in [0.25, 0.3) is 0 Å². The van der Waals surface area contributed by atoms with Gasteiger partial charge in [-0.1, -0.05) is 18.2 Å². The lowest BCUT2D eigenvalue weighted by Gasteiger charge is -2.29. The van der Waals surface area contributed by atoms with Crippen LogP contribution in [0, 0.1) is 6.92 Å². The van der Waals surface area contributed by atoms with E-state index in [0.717, 1.165) is 42.5 Å². The van der Waals surface area contributed by atoms with Gasteiger partial charge in [0.05, 0.1) is 11.3 Å². The van der Waals surface area contributed by atoms with Gasteiger partial charge in [0, 0.05) is 44.1 Å². The van der Waals surface area contributed by atoms with Crippen molar-refractivity contribution in [1.29, 1.82) is 0 Å². The molecule has 7 heteroatoms. The van der Waals surface area contributed by atoms with Gasteiger partial charge in [-0.25, -0.2) is 9.97 Å². The van der Waals surface area contributed by atoms with Crippen LogP contribution < -0.4 is 9.64 Å². The summed E-state index contributed by atoms with van der Waals surface area (Å²) in [6.45, 7) is 5.14. The van der Waals surface area contributed by atoms with E-state index >= 15 is 0 Å². The minimum atomic E-state index is -0.751. The molecule has 0 bridgehead atoms. The maximum absolute atomic E-state index is 11.1. The van der Waals surface area contributed by atoms with Crippen LogP contribution in [0.4, 0.5) is 5.82 Å². The Kier molecular flexibility index (Phi) is 6.44. The third-order valence-corrected chi connectivity index (χ3v) is 5.50. The van der Waals surface area contributed by atoms with Crippen molar-refractivity contribution in [3.8, 4) is 5.75 Å². The van der Waals surface area contributed by atoms with Crippen LogP contribution in [-0.4, -0.2) is 57.2 Å². The number of anilines is 1. The summed E-state index contributed by atoms with van der Waals surface area (Å²) in [6, 6.07) is 15.9. The van der Waals surface area contributed by atoms with Crippen molar-refractivity contribution in [2.24, 2.45) is 0 Å². The van der Waals surface area contributed by atoms with Gasteiger partial charge in [-0.05, 0) is 50.2 Å². The van der Waals surface area contributed by atoms with Crippen LogP contribution in [0.5, 0.6) is 5.75 Å². The first-order valence-electron chi connectivity index (χ1n) is 10.6. The Balaban J connectivity index is 1.28. The molecule has 1 atom stereocenters. The Morgan fingerprint density at radius 2 is 1.97 bits per heavy atom. The summed E-state index contributed by atoms with van der Waals surface area (Å²) in [6.07, 6.45) is 4.07. The van der Waals surface area contributed by atoms with Crippen LogP contribution in [-0.2, 0) is 13.2 Å². The third kappa shape index (κ3) is 5.77. The van der Waals surface area contributed by atoms with E-state index in [9.17, 15) is 5.11 Å². The number of nitrogens with zero attached hydrogens (tertiary/aromatic N) is 5. The number of likely N-dealkylation sites (N-methyl/N-ethyl adjacent to an activating group) is 1. The summed E-state index contributed by atoms with van der Waals surface area (Å²) in [5.74, 6) is 1.70. The van der Waals surface area contributed by atoms with Crippen molar-refractivity contribution in [3.63, 3.8) is 0 Å². The SMILES string of the molecule is Cc1cc(N2CC[C@](O)(CN(C)Cc3ccc(OCc4ccccn4)cc3)C2)ncn1. The number of benzene rings is 1. The fraction of sp³-hybridized carbons (Fsp3) is 0.375. The molecule has 1 N–H and O–H groups in total. The highest BCUT2D eigenvalue weighted by Crippen LogP contribution is 2.27. The average molecular weight is 420 g/mol. The molecule has 1 saturated heterocycles. The van der Waals surface area contributed by atoms with Gasteiger partial charge < -0.3 is 14.7 Å². The first-order valence-corrected chi connectivity index (χ1v) is 10.6. The number of ether oxygens (including phenoxy) is 1. The van der Waals surface area contributed by atoms with Crippen molar-refractivity contribution >= 4 is 5.82 Å². The molecule has 0 unspecified atom stereocenters. The number of hydrogen-bond acceptors (Lipinski definition) is 7. The summed E-state index contributed by atoms with van der Waals surface area (Å²) in [5, 5.41) is 11.1. The van der Waals surface area contributed by atoms with E-state index in [1.807, 2.05) is 50.4 Å². The number of rotatable bonds is 8. The van der Waals surface area contributed by atoms with Crippen molar-refractivity contribution in [2.75, 3.05) is 31.6 Å². The first kappa shape index (κ1) is 21.2. The van der Waals surface area contributed by atoms with E-state index in [0.29, 0.717) is 19.7 Å². The minimum Gasteiger partial charge on any atom is -0.487 e. The summed E-state index contributed by atoms with van der Waals surface area (Å²) in [5.41, 5.74) is 2.27. The Morgan fingerprint density at radius 1 is 1.13 bits per heavy atom. The van der Waals surface area contributed by atoms with E-state index in [4.69, 9.17) is 4.74 Å². The lowest BCUT2D eigenvalue weighted by atomic mass is 10.0. The summed E-state index contributed by atoms with van der Waals surface area (Å²) >= 11 is 0. The highest BCUT2D eigenvalue weighted by atomic mass is 16.5. The van der Waals surface area contributed by atoms with Crippen molar-refractivity contribution in [1.82, 2.24) is 19.9 Å². The van der Waals surface area contributed by atoms with E-state index in [2.05, 4.69) is 36.9 Å². The number of aliphatic hydroxyl groups is 1. The molecule has 3 heterocycles. The summed E-state index contributed by atoms with van der Waals surface area (Å²) in [4.78, 5) is 17.1. The van der Waals surface area contributed by atoms with Gasteiger partial charge in [0.15, 0.2) is 0 Å². The van der Waals surface area contributed by atoms with Crippen LogP contribution in [0.2, 0.25) is 0 Å². The van der Waals surface area contributed by atoms with Crippen molar-refractivity contribution in [3.05, 3.63) is 78.0 Å². The molecule has 31 heavy (non-hydrogen) atoms. The van der Waals surface area contributed by atoms with E-state index in [1.165, 1.54) is 5.56 Å². The molecule has 0 amide bonds. The second-order valence-corrected chi connectivity index (χ2v) is 8.34. The third-order valence-electron chi connectivity index (χ3n) is 5.50. The van der Waals surface area contributed by atoms with Crippen LogP contribution >= 0.6 is 0 Å². The molecule has 0 saturated carbocycles. The number of aromatic nitrogens is 3. The molecule has 162 valence electrons. The molecule has 2 aromatic heterocycles. The molecule has 1 fully saturated rings. The van der Waals surface area contributed by atoms with Gasteiger partial charge in [-0.15, -0.1) is 0 Å². The van der Waals surface area contributed by atoms with Crippen LogP contribution in [0.15, 0.2) is 61.1 Å². The largest absolute Gasteiger partial charge is 0.487 e. The van der Waals surface area contributed by atoms with Gasteiger partial charge in [-0.3, -0.25) is 9.88 Å².